The van der Waals surface area contributed by atoms with Crippen molar-refractivity contribution in [2.45, 2.75) is 32.9 Å². The molecule has 1 aliphatic rings. The highest BCUT2D eigenvalue weighted by Gasteiger charge is 2.25. The van der Waals surface area contributed by atoms with Crippen molar-refractivity contribution in [2.75, 3.05) is 13.1 Å². The van der Waals surface area contributed by atoms with E-state index in [1.165, 1.54) is 4.57 Å². The Morgan fingerprint density at radius 1 is 1.50 bits per heavy atom. The van der Waals surface area contributed by atoms with Crippen LogP contribution in [0.5, 0.6) is 0 Å². The smallest absolute Gasteiger partial charge is 0.342 e. The fraction of sp³-hybridized carbons (Fsp3) is 0.615. The minimum atomic E-state index is -1.32. The van der Waals surface area contributed by atoms with Gasteiger partial charge in [0.2, 0.25) is 0 Å². The summed E-state index contributed by atoms with van der Waals surface area (Å²) in [5.41, 5.74) is -1.81. The van der Waals surface area contributed by atoms with Gasteiger partial charge in [0.1, 0.15) is 5.56 Å². The van der Waals surface area contributed by atoms with Gasteiger partial charge in [-0.3, -0.25) is 14.3 Å². The molecule has 0 saturated carbocycles. The van der Waals surface area contributed by atoms with Crippen LogP contribution in [-0.2, 0) is 6.54 Å². The number of carboxylic acid groups (broad SMARTS) is 1. The molecule has 0 aliphatic carbocycles. The second kappa shape index (κ2) is 5.62. The van der Waals surface area contributed by atoms with Gasteiger partial charge in [-0.15, -0.1) is 0 Å². The number of carbonyl (C=O) groups is 1. The summed E-state index contributed by atoms with van der Waals surface area (Å²) in [6.45, 7) is 6.53. The van der Waals surface area contributed by atoms with E-state index in [1.54, 1.807) is 0 Å². The first-order valence-electron chi connectivity index (χ1n) is 6.69. The number of H-pyrrole nitrogens is 1. The van der Waals surface area contributed by atoms with Crippen molar-refractivity contribution >= 4 is 5.97 Å². The first kappa shape index (κ1) is 14.5. The summed E-state index contributed by atoms with van der Waals surface area (Å²) >= 11 is 0. The highest BCUT2D eigenvalue weighted by Crippen LogP contribution is 2.19. The molecule has 7 heteroatoms. The van der Waals surface area contributed by atoms with Gasteiger partial charge in [0.15, 0.2) is 0 Å². The Balaban J connectivity index is 2.18. The number of hydrogen-bond acceptors (Lipinski definition) is 4. The Labute approximate surface area is 115 Å². The molecule has 1 unspecified atom stereocenters. The number of aromatic carboxylic acids is 1. The van der Waals surface area contributed by atoms with Crippen LogP contribution in [0.4, 0.5) is 0 Å². The average Bonchev–Trinajstić information content (AvgIpc) is 2.80. The SMILES string of the molecule is CC(C)N1CCC(Cn2cc(C(=O)O)c(=O)[nH]c2=O)C1. The van der Waals surface area contributed by atoms with Crippen LogP contribution in [0.1, 0.15) is 30.6 Å². The van der Waals surface area contributed by atoms with Crippen LogP contribution < -0.4 is 11.2 Å². The quantitative estimate of drug-likeness (QED) is 0.807. The topological polar surface area (TPSA) is 95.4 Å². The standard InChI is InChI=1S/C13H19N3O4/c1-8(2)15-4-3-9(5-15)6-16-7-10(12(18)19)11(17)14-13(16)20/h7-9H,3-6H2,1-2H3,(H,18,19)(H,14,17,20). The van der Waals surface area contributed by atoms with E-state index in [0.717, 1.165) is 25.7 Å². The van der Waals surface area contributed by atoms with Crippen LogP contribution in [-0.4, -0.2) is 44.7 Å². The predicted molar refractivity (Wildman–Crippen MR) is 73.1 cm³/mol. The third kappa shape index (κ3) is 2.98. The number of hydrogen-bond donors (Lipinski definition) is 2. The monoisotopic (exact) mass is 281 g/mol. The van der Waals surface area contributed by atoms with Crippen molar-refractivity contribution in [3.05, 3.63) is 32.6 Å². The number of likely N-dealkylation sites (tertiary alicyclic amines) is 1. The number of carboxylic acids is 1. The molecule has 1 aliphatic heterocycles. The summed E-state index contributed by atoms with van der Waals surface area (Å²) in [5.74, 6) is -1.03. The maximum Gasteiger partial charge on any atom is 0.342 e. The van der Waals surface area contributed by atoms with Crippen molar-refractivity contribution in [1.29, 1.82) is 0 Å². The molecule has 0 radical (unpaired) electrons. The molecular weight excluding hydrogens is 262 g/mol. The lowest BCUT2D eigenvalue weighted by atomic mass is 10.1. The number of aromatic nitrogens is 2. The van der Waals surface area contributed by atoms with Crippen molar-refractivity contribution in [3.8, 4) is 0 Å². The zero-order valence-corrected chi connectivity index (χ0v) is 11.6. The van der Waals surface area contributed by atoms with Crippen molar-refractivity contribution in [1.82, 2.24) is 14.5 Å². The van der Waals surface area contributed by atoms with E-state index in [1.807, 2.05) is 0 Å². The van der Waals surface area contributed by atoms with E-state index in [4.69, 9.17) is 5.11 Å². The highest BCUT2D eigenvalue weighted by molar-refractivity contribution is 5.86. The van der Waals surface area contributed by atoms with Crippen LogP contribution in [0.3, 0.4) is 0 Å². The first-order chi connectivity index (χ1) is 9.38. The lowest BCUT2D eigenvalue weighted by Crippen LogP contribution is -2.35. The van der Waals surface area contributed by atoms with Crippen LogP contribution in [0.25, 0.3) is 0 Å². The molecule has 2 N–H and O–H groups in total. The van der Waals surface area contributed by atoms with E-state index >= 15 is 0 Å². The molecule has 1 aromatic rings. The summed E-state index contributed by atoms with van der Waals surface area (Å²) in [5, 5.41) is 8.91. The molecule has 0 aromatic carbocycles. The van der Waals surface area contributed by atoms with E-state index in [9.17, 15) is 14.4 Å². The van der Waals surface area contributed by atoms with Gasteiger partial charge in [-0.1, -0.05) is 0 Å². The van der Waals surface area contributed by atoms with Gasteiger partial charge < -0.3 is 10.0 Å². The van der Waals surface area contributed by atoms with Crippen molar-refractivity contribution in [3.63, 3.8) is 0 Å². The van der Waals surface area contributed by atoms with Gasteiger partial charge in [0, 0.05) is 25.3 Å². The first-order valence-corrected chi connectivity index (χ1v) is 6.69. The van der Waals surface area contributed by atoms with Crippen LogP contribution in [0.15, 0.2) is 15.8 Å². The summed E-state index contributed by atoms with van der Waals surface area (Å²) in [6, 6.07) is 0.460. The van der Waals surface area contributed by atoms with E-state index in [0.29, 0.717) is 18.5 Å². The zero-order chi connectivity index (χ0) is 14.9. The third-order valence-electron chi connectivity index (χ3n) is 3.74. The van der Waals surface area contributed by atoms with Gasteiger partial charge in [-0.05, 0) is 32.7 Å². The van der Waals surface area contributed by atoms with Crippen LogP contribution >= 0.6 is 0 Å². The summed E-state index contributed by atoms with van der Waals surface area (Å²) in [6.07, 6.45) is 2.10. The maximum absolute atomic E-state index is 11.7. The van der Waals surface area contributed by atoms with E-state index < -0.39 is 22.8 Å². The molecule has 1 aromatic heterocycles. The molecule has 7 nitrogen and oxygen atoms in total. The predicted octanol–water partition coefficient (Wildman–Crippen LogP) is -0.0349. The van der Waals surface area contributed by atoms with Crippen LogP contribution in [0.2, 0.25) is 0 Å². The van der Waals surface area contributed by atoms with Gasteiger partial charge in [0.05, 0.1) is 0 Å². The Morgan fingerprint density at radius 2 is 2.20 bits per heavy atom. The molecule has 1 saturated heterocycles. The number of nitrogens with zero attached hydrogens (tertiary/aromatic N) is 2. The molecule has 110 valence electrons. The molecule has 1 atom stereocenters. The number of nitrogens with one attached hydrogen (secondary N) is 1. The van der Waals surface area contributed by atoms with Gasteiger partial charge in [0.25, 0.3) is 5.56 Å². The van der Waals surface area contributed by atoms with E-state index in [2.05, 4.69) is 23.7 Å². The number of aromatic amines is 1. The molecule has 20 heavy (non-hydrogen) atoms. The molecule has 0 bridgehead atoms. The fourth-order valence-corrected chi connectivity index (χ4v) is 2.56. The third-order valence-corrected chi connectivity index (χ3v) is 3.74. The highest BCUT2D eigenvalue weighted by atomic mass is 16.4. The van der Waals surface area contributed by atoms with Crippen LogP contribution in [0, 0.1) is 5.92 Å². The molecule has 1 fully saturated rings. The zero-order valence-electron chi connectivity index (χ0n) is 11.6. The second-order valence-electron chi connectivity index (χ2n) is 5.50. The van der Waals surface area contributed by atoms with Crippen molar-refractivity contribution < 1.29 is 9.90 Å². The average molecular weight is 281 g/mol. The molecule has 2 rings (SSSR count). The molecule has 0 spiro atoms. The Kier molecular flexibility index (Phi) is 4.08. The summed E-state index contributed by atoms with van der Waals surface area (Å²) < 4.78 is 1.29. The summed E-state index contributed by atoms with van der Waals surface area (Å²) in [4.78, 5) is 38.4. The van der Waals surface area contributed by atoms with Crippen molar-refractivity contribution in [2.24, 2.45) is 5.92 Å². The number of rotatable bonds is 4. The second-order valence-corrected chi connectivity index (χ2v) is 5.50. The Morgan fingerprint density at radius 3 is 2.75 bits per heavy atom. The Hall–Kier alpha value is -1.89. The summed E-state index contributed by atoms with van der Waals surface area (Å²) in [7, 11) is 0. The van der Waals surface area contributed by atoms with E-state index in [-0.39, 0.29) is 0 Å². The largest absolute Gasteiger partial charge is 0.477 e. The molecule has 0 amide bonds. The van der Waals surface area contributed by atoms with Gasteiger partial charge in [-0.2, -0.15) is 0 Å². The normalized spacial score (nSPS) is 19.6. The molecule has 2 heterocycles. The lowest BCUT2D eigenvalue weighted by molar-refractivity contribution is 0.0693. The maximum atomic E-state index is 11.7. The van der Waals surface area contributed by atoms with Gasteiger partial charge >= 0.3 is 11.7 Å². The lowest BCUT2D eigenvalue weighted by Gasteiger charge is -2.20. The minimum Gasteiger partial charge on any atom is -0.477 e. The molecular formula is C13H19N3O4. The Bertz CT molecular complexity index is 617. The minimum absolute atomic E-state index is 0.294. The fourth-order valence-electron chi connectivity index (χ4n) is 2.56. The van der Waals surface area contributed by atoms with Gasteiger partial charge in [-0.25, -0.2) is 9.59 Å².